The van der Waals surface area contributed by atoms with Gasteiger partial charge in [0.2, 0.25) is 0 Å². The lowest BCUT2D eigenvalue weighted by Crippen LogP contribution is -2.28. The Bertz CT molecular complexity index is 408. The number of nitrogens with one attached hydrogen (secondary N) is 1. The predicted molar refractivity (Wildman–Crippen MR) is 83.2 cm³/mol. The minimum atomic E-state index is 0.846. The molecule has 0 spiro atoms. The topological polar surface area (TPSA) is 18.5 Å². The van der Waals surface area contributed by atoms with Gasteiger partial charge >= 0.3 is 0 Å². The highest BCUT2D eigenvalue weighted by atomic mass is 35.5. The third kappa shape index (κ3) is 4.10. The largest absolute Gasteiger partial charge is 0.370 e. The highest BCUT2D eigenvalue weighted by Crippen LogP contribution is 2.24. The standard InChI is InChI=1S/C15H24ClN3/c1-3-17-12-13-5-6-14(11-15(13)16)19-8-4-7-18(2)9-10-19/h5-6,11,17H,3-4,7-10,12H2,1-2H3. The first kappa shape index (κ1) is 14.6. The van der Waals surface area contributed by atoms with Gasteiger partial charge in [0, 0.05) is 36.9 Å². The van der Waals surface area contributed by atoms with Gasteiger partial charge in [-0.25, -0.2) is 0 Å². The molecule has 1 fully saturated rings. The van der Waals surface area contributed by atoms with E-state index in [-0.39, 0.29) is 0 Å². The molecule has 0 atom stereocenters. The van der Waals surface area contributed by atoms with Crippen LogP contribution in [0.5, 0.6) is 0 Å². The van der Waals surface area contributed by atoms with Gasteiger partial charge < -0.3 is 15.1 Å². The Labute approximate surface area is 121 Å². The molecule has 1 aromatic carbocycles. The van der Waals surface area contributed by atoms with Crippen molar-refractivity contribution in [3.63, 3.8) is 0 Å². The molecule has 1 aliphatic rings. The molecule has 4 heteroatoms. The Morgan fingerprint density at radius 2 is 2.05 bits per heavy atom. The number of likely N-dealkylation sites (N-methyl/N-ethyl adjacent to an activating group) is 1. The highest BCUT2D eigenvalue weighted by molar-refractivity contribution is 6.31. The summed E-state index contributed by atoms with van der Waals surface area (Å²) >= 11 is 6.38. The van der Waals surface area contributed by atoms with Crippen molar-refractivity contribution < 1.29 is 0 Å². The molecule has 1 aliphatic heterocycles. The summed E-state index contributed by atoms with van der Waals surface area (Å²) < 4.78 is 0. The van der Waals surface area contributed by atoms with Crippen molar-refractivity contribution >= 4 is 17.3 Å². The molecule has 3 nitrogen and oxygen atoms in total. The van der Waals surface area contributed by atoms with Crippen molar-refractivity contribution in [2.75, 3.05) is 44.7 Å². The minimum absolute atomic E-state index is 0.846. The molecule has 19 heavy (non-hydrogen) atoms. The molecular weight excluding hydrogens is 258 g/mol. The monoisotopic (exact) mass is 281 g/mol. The SMILES string of the molecule is CCNCc1ccc(N2CCCN(C)CC2)cc1Cl. The summed E-state index contributed by atoms with van der Waals surface area (Å²) in [7, 11) is 2.19. The number of hydrogen-bond acceptors (Lipinski definition) is 3. The van der Waals surface area contributed by atoms with Crippen molar-refractivity contribution in [3.8, 4) is 0 Å². The van der Waals surface area contributed by atoms with Crippen LogP contribution in [-0.2, 0) is 6.54 Å². The predicted octanol–water partition coefficient (Wildman–Crippen LogP) is 2.59. The molecule has 0 saturated carbocycles. The van der Waals surface area contributed by atoms with Crippen LogP contribution in [0.25, 0.3) is 0 Å². The molecule has 0 amide bonds. The van der Waals surface area contributed by atoms with Crippen LogP contribution >= 0.6 is 11.6 Å². The smallest absolute Gasteiger partial charge is 0.0471 e. The maximum absolute atomic E-state index is 6.38. The highest BCUT2D eigenvalue weighted by Gasteiger charge is 2.13. The minimum Gasteiger partial charge on any atom is -0.370 e. The third-order valence-corrected chi connectivity index (χ3v) is 4.04. The maximum Gasteiger partial charge on any atom is 0.0471 e. The van der Waals surface area contributed by atoms with Crippen LogP contribution in [-0.4, -0.2) is 44.7 Å². The lowest BCUT2D eigenvalue weighted by Gasteiger charge is -2.23. The summed E-state index contributed by atoms with van der Waals surface area (Å²) in [5, 5.41) is 4.19. The Morgan fingerprint density at radius 3 is 2.79 bits per heavy atom. The van der Waals surface area contributed by atoms with E-state index in [1.54, 1.807) is 0 Å². The van der Waals surface area contributed by atoms with E-state index < -0.39 is 0 Å². The lowest BCUT2D eigenvalue weighted by atomic mass is 10.2. The fraction of sp³-hybridized carbons (Fsp3) is 0.600. The average Bonchev–Trinajstić information content (AvgIpc) is 2.62. The van der Waals surface area contributed by atoms with Crippen molar-refractivity contribution in [1.82, 2.24) is 10.2 Å². The molecule has 1 saturated heterocycles. The summed E-state index contributed by atoms with van der Waals surface area (Å²) in [6.45, 7) is 8.43. The van der Waals surface area contributed by atoms with E-state index in [9.17, 15) is 0 Å². The summed E-state index contributed by atoms with van der Waals surface area (Å²) in [5.74, 6) is 0. The Morgan fingerprint density at radius 1 is 1.21 bits per heavy atom. The van der Waals surface area contributed by atoms with Crippen molar-refractivity contribution in [1.29, 1.82) is 0 Å². The zero-order valence-electron chi connectivity index (χ0n) is 12.0. The molecule has 0 radical (unpaired) electrons. The second-order valence-electron chi connectivity index (χ2n) is 5.20. The molecule has 2 rings (SSSR count). The molecule has 0 aliphatic carbocycles. The lowest BCUT2D eigenvalue weighted by molar-refractivity contribution is 0.360. The number of nitrogens with zero attached hydrogens (tertiary/aromatic N) is 2. The van der Waals surface area contributed by atoms with Crippen molar-refractivity contribution in [2.45, 2.75) is 19.9 Å². The summed E-state index contributed by atoms with van der Waals surface area (Å²) in [4.78, 5) is 4.83. The fourth-order valence-electron chi connectivity index (χ4n) is 2.44. The summed E-state index contributed by atoms with van der Waals surface area (Å²) in [6.07, 6.45) is 1.22. The average molecular weight is 282 g/mol. The van der Waals surface area contributed by atoms with Gasteiger partial charge in [-0.3, -0.25) is 0 Å². The molecule has 1 N–H and O–H groups in total. The maximum atomic E-state index is 6.38. The van der Waals surface area contributed by atoms with Crippen LogP contribution < -0.4 is 10.2 Å². The molecule has 0 aromatic heterocycles. The zero-order chi connectivity index (χ0) is 13.7. The van der Waals surface area contributed by atoms with E-state index >= 15 is 0 Å². The van der Waals surface area contributed by atoms with Crippen LogP contribution in [0, 0.1) is 0 Å². The number of anilines is 1. The quantitative estimate of drug-likeness (QED) is 0.915. The molecule has 1 heterocycles. The first-order chi connectivity index (χ1) is 9.20. The number of halogens is 1. The Kier molecular flexibility index (Phi) is 5.49. The van der Waals surface area contributed by atoms with Gasteiger partial charge in [-0.1, -0.05) is 24.6 Å². The molecule has 106 valence electrons. The van der Waals surface area contributed by atoms with Crippen LogP contribution in [0.2, 0.25) is 5.02 Å². The van der Waals surface area contributed by atoms with Gasteiger partial charge in [0.15, 0.2) is 0 Å². The molecule has 0 unspecified atom stereocenters. The van der Waals surface area contributed by atoms with E-state index in [4.69, 9.17) is 11.6 Å². The van der Waals surface area contributed by atoms with Crippen LogP contribution in [0.1, 0.15) is 18.9 Å². The van der Waals surface area contributed by atoms with Crippen molar-refractivity contribution in [3.05, 3.63) is 28.8 Å². The number of benzene rings is 1. The van der Waals surface area contributed by atoms with E-state index in [0.717, 1.165) is 37.7 Å². The van der Waals surface area contributed by atoms with Crippen LogP contribution in [0.3, 0.4) is 0 Å². The summed E-state index contributed by atoms with van der Waals surface area (Å²) in [6, 6.07) is 6.46. The van der Waals surface area contributed by atoms with E-state index in [0.29, 0.717) is 0 Å². The molecular formula is C15H24ClN3. The Balaban J connectivity index is 2.06. The van der Waals surface area contributed by atoms with Gasteiger partial charge in [-0.2, -0.15) is 0 Å². The third-order valence-electron chi connectivity index (χ3n) is 3.69. The van der Waals surface area contributed by atoms with Gasteiger partial charge in [0.05, 0.1) is 0 Å². The van der Waals surface area contributed by atoms with E-state index in [1.807, 2.05) is 0 Å². The van der Waals surface area contributed by atoms with Gasteiger partial charge in [0.1, 0.15) is 0 Å². The van der Waals surface area contributed by atoms with Crippen LogP contribution in [0.15, 0.2) is 18.2 Å². The first-order valence-corrected chi connectivity index (χ1v) is 7.51. The van der Waals surface area contributed by atoms with E-state index in [2.05, 4.69) is 47.3 Å². The second-order valence-corrected chi connectivity index (χ2v) is 5.61. The Hall–Kier alpha value is -0.770. The normalized spacial score (nSPS) is 17.5. The van der Waals surface area contributed by atoms with Crippen LogP contribution in [0.4, 0.5) is 5.69 Å². The van der Waals surface area contributed by atoms with Gasteiger partial charge in [0.25, 0.3) is 0 Å². The van der Waals surface area contributed by atoms with Crippen molar-refractivity contribution in [2.24, 2.45) is 0 Å². The zero-order valence-corrected chi connectivity index (χ0v) is 12.7. The molecule has 1 aromatic rings. The van der Waals surface area contributed by atoms with Gasteiger partial charge in [-0.05, 0) is 44.3 Å². The number of hydrogen-bond donors (Lipinski definition) is 1. The van der Waals surface area contributed by atoms with Gasteiger partial charge in [-0.15, -0.1) is 0 Å². The first-order valence-electron chi connectivity index (χ1n) is 7.13. The second kappa shape index (κ2) is 7.13. The fourth-order valence-corrected chi connectivity index (χ4v) is 2.68. The van der Waals surface area contributed by atoms with E-state index in [1.165, 1.54) is 24.2 Å². The molecule has 0 bridgehead atoms. The summed E-state index contributed by atoms with van der Waals surface area (Å²) in [5.41, 5.74) is 2.43. The number of rotatable bonds is 4.